The maximum atomic E-state index is 12.8. The van der Waals surface area contributed by atoms with Gasteiger partial charge < -0.3 is 15.0 Å². The number of amides is 1. The topological polar surface area (TPSA) is 72.3 Å². The van der Waals surface area contributed by atoms with Crippen molar-refractivity contribution >= 4 is 29.0 Å². The molecule has 1 heterocycles. The van der Waals surface area contributed by atoms with Crippen molar-refractivity contribution in [2.45, 2.75) is 45.2 Å². The fourth-order valence-electron chi connectivity index (χ4n) is 4.31. The first-order valence-electron chi connectivity index (χ1n) is 13.2. The number of anilines is 2. The molecule has 7 nitrogen and oxygen atoms in total. The summed E-state index contributed by atoms with van der Waals surface area (Å²) in [6.07, 6.45) is 0. The molecule has 204 valence electrons. The predicted octanol–water partition coefficient (Wildman–Crippen LogP) is 6.82. The zero-order valence-electron chi connectivity index (χ0n) is 23.6. The molecule has 0 fully saturated rings. The number of thioether (sulfide) groups is 1. The number of carbonyl (C=O) groups is 1. The molecule has 39 heavy (non-hydrogen) atoms. The van der Waals surface area contributed by atoms with Crippen LogP contribution >= 0.6 is 11.8 Å². The molecule has 0 saturated heterocycles. The second-order valence-electron chi connectivity index (χ2n) is 10.2. The normalized spacial score (nSPS) is 11.3. The van der Waals surface area contributed by atoms with Crippen LogP contribution in [-0.4, -0.2) is 46.6 Å². The van der Waals surface area contributed by atoms with Crippen molar-refractivity contribution < 1.29 is 9.53 Å². The molecule has 4 aromatic rings. The number of benzene rings is 3. The van der Waals surface area contributed by atoms with E-state index in [1.165, 1.54) is 17.3 Å². The molecule has 8 heteroatoms. The van der Waals surface area contributed by atoms with Crippen molar-refractivity contribution in [3.05, 3.63) is 78.4 Å². The molecule has 0 atom stereocenters. The number of nitrogens with zero attached hydrogens (tertiary/aromatic N) is 4. The number of hydrogen-bond donors (Lipinski definition) is 1. The lowest BCUT2D eigenvalue weighted by atomic mass is 9.87. The maximum Gasteiger partial charge on any atom is 0.234 e. The molecule has 1 aromatic heterocycles. The van der Waals surface area contributed by atoms with Gasteiger partial charge in [0.2, 0.25) is 5.91 Å². The molecule has 0 saturated carbocycles. The monoisotopic (exact) mass is 543 g/mol. The van der Waals surface area contributed by atoms with E-state index < -0.39 is 0 Å². The number of rotatable bonds is 10. The van der Waals surface area contributed by atoms with Crippen LogP contribution in [0.5, 0.6) is 5.75 Å². The minimum absolute atomic E-state index is 0.0578. The Morgan fingerprint density at radius 2 is 1.56 bits per heavy atom. The van der Waals surface area contributed by atoms with Crippen molar-refractivity contribution in [3.8, 4) is 22.8 Å². The quantitative estimate of drug-likeness (QED) is 0.221. The van der Waals surface area contributed by atoms with Crippen molar-refractivity contribution in [1.82, 2.24) is 14.8 Å². The first-order chi connectivity index (χ1) is 18.7. The lowest BCUT2D eigenvalue weighted by Crippen LogP contribution is -2.21. The van der Waals surface area contributed by atoms with E-state index >= 15 is 0 Å². The number of aromatic nitrogens is 3. The lowest BCUT2D eigenvalue weighted by Gasteiger charge is -2.21. The molecule has 1 N–H and O–H groups in total. The summed E-state index contributed by atoms with van der Waals surface area (Å²) >= 11 is 1.36. The van der Waals surface area contributed by atoms with E-state index in [9.17, 15) is 4.79 Å². The van der Waals surface area contributed by atoms with Gasteiger partial charge in [-0.1, -0.05) is 56.8 Å². The van der Waals surface area contributed by atoms with E-state index in [1.807, 2.05) is 53.1 Å². The van der Waals surface area contributed by atoms with Crippen molar-refractivity contribution in [1.29, 1.82) is 0 Å². The summed E-state index contributed by atoms with van der Waals surface area (Å²) in [4.78, 5) is 15.1. The Labute approximate surface area is 235 Å². The van der Waals surface area contributed by atoms with Gasteiger partial charge in [-0.15, -0.1) is 10.2 Å². The zero-order chi connectivity index (χ0) is 28.0. The number of methoxy groups -OCH3 is 1. The summed E-state index contributed by atoms with van der Waals surface area (Å²) in [7, 11) is 1.65. The summed E-state index contributed by atoms with van der Waals surface area (Å²) in [6.45, 7) is 12.7. The number of ether oxygens (including phenoxy) is 1. The van der Waals surface area contributed by atoms with Crippen LogP contribution < -0.4 is 15.0 Å². The third-order valence-electron chi connectivity index (χ3n) is 6.59. The van der Waals surface area contributed by atoms with Crippen LogP contribution in [0.1, 0.15) is 40.2 Å². The molecule has 4 rings (SSSR count). The van der Waals surface area contributed by atoms with Gasteiger partial charge in [-0.2, -0.15) is 0 Å². The average molecular weight is 544 g/mol. The smallest absolute Gasteiger partial charge is 0.234 e. The fourth-order valence-corrected chi connectivity index (χ4v) is 5.06. The van der Waals surface area contributed by atoms with E-state index in [1.54, 1.807) is 7.11 Å². The molecule has 0 radical (unpaired) electrons. The lowest BCUT2D eigenvalue weighted by molar-refractivity contribution is -0.113. The highest BCUT2D eigenvalue weighted by Crippen LogP contribution is 2.31. The minimum atomic E-state index is -0.101. The molecule has 0 aliphatic rings. The summed E-state index contributed by atoms with van der Waals surface area (Å²) in [5.41, 5.74) is 5.07. The van der Waals surface area contributed by atoms with E-state index in [2.05, 4.69) is 79.3 Å². The summed E-state index contributed by atoms with van der Waals surface area (Å²) in [5.74, 6) is 1.59. The average Bonchev–Trinajstić information content (AvgIpc) is 3.37. The second kappa shape index (κ2) is 12.4. The SMILES string of the molecule is CCN(CC)c1ccc(NC(=O)CSc2nnc(-c3ccc(C(C)(C)C)cc3)n2-c2ccc(OC)cc2)cc1. The molecule has 0 spiro atoms. The maximum absolute atomic E-state index is 12.8. The number of nitrogens with one attached hydrogen (secondary N) is 1. The Bertz CT molecular complexity index is 1370. The molecule has 0 unspecified atom stereocenters. The molecular formula is C31H37N5O2S. The van der Waals surface area contributed by atoms with Gasteiger partial charge in [0.25, 0.3) is 0 Å². The molecule has 1 amide bonds. The van der Waals surface area contributed by atoms with Gasteiger partial charge in [0.1, 0.15) is 5.75 Å². The Morgan fingerprint density at radius 1 is 0.923 bits per heavy atom. The van der Waals surface area contributed by atoms with Gasteiger partial charge in [-0.3, -0.25) is 9.36 Å². The van der Waals surface area contributed by atoms with E-state index in [-0.39, 0.29) is 17.1 Å². The van der Waals surface area contributed by atoms with Crippen molar-refractivity contribution in [2.24, 2.45) is 0 Å². The van der Waals surface area contributed by atoms with Gasteiger partial charge in [0.05, 0.1) is 12.9 Å². The second-order valence-corrected chi connectivity index (χ2v) is 11.2. The Hall–Kier alpha value is -3.78. The number of carbonyl (C=O) groups excluding carboxylic acids is 1. The predicted molar refractivity (Wildman–Crippen MR) is 161 cm³/mol. The Morgan fingerprint density at radius 3 is 2.13 bits per heavy atom. The van der Waals surface area contributed by atoms with Crippen LogP contribution in [0.15, 0.2) is 78.0 Å². The van der Waals surface area contributed by atoms with Gasteiger partial charge >= 0.3 is 0 Å². The molecular weight excluding hydrogens is 506 g/mol. The van der Waals surface area contributed by atoms with Gasteiger partial charge in [0, 0.05) is 35.7 Å². The highest BCUT2D eigenvalue weighted by Gasteiger charge is 2.19. The summed E-state index contributed by atoms with van der Waals surface area (Å²) in [5, 5.41) is 12.6. The van der Waals surface area contributed by atoms with Crippen LogP contribution in [0.25, 0.3) is 17.1 Å². The van der Waals surface area contributed by atoms with E-state index in [4.69, 9.17) is 4.74 Å². The zero-order valence-corrected chi connectivity index (χ0v) is 24.4. The standard InChI is InChI=1S/C31H37N5O2S/c1-7-35(8-2)25-15-13-24(14-16-25)32-28(37)21-39-30-34-33-29(22-9-11-23(12-10-22)31(3,4)5)36(30)26-17-19-27(38-6)20-18-26/h9-20H,7-8,21H2,1-6H3,(H,32,37). The van der Waals surface area contributed by atoms with Crippen LogP contribution in [0.3, 0.4) is 0 Å². The molecule has 3 aromatic carbocycles. The van der Waals surface area contributed by atoms with Crippen molar-refractivity contribution in [2.75, 3.05) is 36.2 Å². The third kappa shape index (κ3) is 6.81. The summed E-state index contributed by atoms with van der Waals surface area (Å²) < 4.78 is 7.33. The number of hydrogen-bond acceptors (Lipinski definition) is 6. The van der Waals surface area contributed by atoms with E-state index in [0.717, 1.165) is 47.3 Å². The van der Waals surface area contributed by atoms with Gasteiger partial charge in [-0.05, 0) is 73.4 Å². The Balaban J connectivity index is 1.55. The highest BCUT2D eigenvalue weighted by atomic mass is 32.2. The van der Waals surface area contributed by atoms with Crippen LogP contribution in [0.2, 0.25) is 0 Å². The van der Waals surface area contributed by atoms with Crippen LogP contribution in [0, 0.1) is 0 Å². The largest absolute Gasteiger partial charge is 0.497 e. The molecule has 0 aliphatic heterocycles. The highest BCUT2D eigenvalue weighted by molar-refractivity contribution is 7.99. The van der Waals surface area contributed by atoms with Gasteiger partial charge in [-0.25, -0.2) is 0 Å². The molecule has 0 bridgehead atoms. The van der Waals surface area contributed by atoms with Crippen LogP contribution in [0.4, 0.5) is 11.4 Å². The fraction of sp³-hybridized carbons (Fsp3) is 0.323. The first-order valence-corrected chi connectivity index (χ1v) is 14.2. The minimum Gasteiger partial charge on any atom is -0.497 e. The Kier molecular flexibility index (Phi) is 8.97. The summed E-state index contributed by atoms with van der Waals surface area (Å²) in [6, 6.07) is 24.1. The van der Waals surface area contributed by atoms with Crippen molar-refractivity contribution in [3.63, 3.8) is 0 Å². The van der Waals surface area contributed by atoms with Crippen LogP contribution in [-0.2, 0) is 10.2 Å². The first kappa shape index (κ1) is 28.2. The van der Waals surface area contributed by atoms with Gasteiger partial charge in [0.15, 0.2) is 11.0 Å². The van der Waals surface area contributed by atoms with E-state index in [0.29, 0.717) is 5.16 Å². The molecule has 0 aliphatic carbocycles. The third-order valence-corrected chi connectivity index (χ3v) is 7.51.